The molecule has 0 amide bonds. The Balaban J connectivity index is 2.79. The number of rotatable bonds is 2. The molecule has 13 heavy (non-hydrogen) atoms. The zero-order chi connectivity index (χ0) is 9.84. The predicted octanol–water partition coefficient (Wildman–Crippen LogP) is 2.21. The molecule has 0 aliphatic heterocycles. The van der Waals surface area contributed by atoms with Crippen LogP contribution in [0.4, 0.5) is 0 Å². The van der Waals surface area contributed by atoms with E-state index in [1.54, 1.807) is 12.1 Å². The van der Waals surface area contributed by atoms with Gasteiger partial charge in [0, 0.05) is 0 Å². The third-order valence-corrected chi connectivity index (χ3v) is 2.55. The second-order valence-corrected chi connectivity index (χ2v) is 3.49. The van der Waals surface area contributed by atoms with Gasteiger partial charge in [-0.05, 0) is 28.1 Å². The standard InChI is InChI=1S/C8H7BrClNO2/c1-13-7(12)4-5-2-3-6(10)8(9)11-5/h2-3H,4H2,1H3. The Bertz CT molecular complexity index is 330. The summed E-state index contributed by atoms with van der Waals surface area (Å²) in [5, 5.41) is 0.522. The van der Waals surface area contributed by atoms with Crippen LogP contribution in [0.25, 0.3) is 0 Å². The van der Waals surface area contributed by atoms with Gasteiger partial charge in [0.1, 0.15) is 4.60 Å². The lowest BCUT2D eigenvalue weighted by atomic mass is 10.3. The fraction of sp³-hybridized carbons (Fsp3) is 0.250. The first-order chi connectivity index (χ1) is 6.13. The van der Waals surface area contributed by atoms with E-state index in [1.807, 2.05) is 0 Å². The van der Waals surface area contributed by atoms with Gasteiger partial charge in [0.2, 0.25) is 0 Å². The molecule has 0 saturated heterocycles. The molecular formula is C8H7BrClNO2. The summed E-state index contributed by atoms with van der Waals surface area (Å²) in [4.78, 5) is 14.9. The van der Waals surface area contributed by atoms with Crippen molar-refractivity contribution in [3.63, 3.8) is 0 Å². The number of hydrogen-bond donors (Lipinski definition) is 0. The predicted molar refractivity (Wildman–Crippen MR) is 52.7 cm³/mol. The van der Waals surface area contributed by atoms with Gasteiger partial charge in [-0.1, -0.05) is 11.6 Å². The number of pyridine rings is 1. The van der Waals surface area contributed by atoms with Crippen LogP contribution < -0.4 is 0 Å². The first kappa shape index (κ1) is 10.5. The summed E-state index contributed by atoms with van der Waals surface area (Å²) in [6.45, 7) is 0. The molecule has 1 rings (SSSR count). The van der Waals surface area contributed by atoms with Crippen LogP contribution in [0.3, 0.4) is 0 Å². The van der Waals surface area contributed by atoms with E-state index >= 15 is 0 Å². The van der Waals surface area contributed by atoms with Gasteiger partial charge < -0.3 is 4.74 Å². The molecule has 0 bridgehead atoms. The van der Waals surface area contributed by atoms with Gasteiger partial charge in [-0.3, -0.25) is 4.79 Å². The topological polar surface area (TPSA) is 39.2 Å². The molecule has 0 aliphatic carbocycles. The van der Waals surface area contributed by atoms with Gasteiger partial charge in [-0.2, -0.15) is 0 Å². The highest BCUT2D eigenvalue weighted by Crippen LogP contribution is 2.19. The van der Waals surface area contributed by atoms with Crippen LogP contribution in [0.2, 0.25) is 5.02 Å². The first-order valence-corrected chi connectivity index (χ1v) is 4.68. The van der Waals surface area contributed by atoms with Crippen molar-refractivity contribution < 1.29 is 9.53 Å². The smallest absolute Gasteiger partial charge is 0.311 e. The van der Waals surface area contributed by atoms with Crippen molar-refractivity contribution in [2.75, 3.05) is 7.11 Å². The maximum absolute atomic E-state index is 10.9. The lowest BCUT2D eigenvalue weighted by Crippen LogP contribution is -2.05. The lowest BCUT2D eigenvalue weighted by molar-refractivity contribution is -0.139. The minimum Gasteiger partial charge on any atom is -0.469 e. The Hall–Kier alpha value is -0.610. The molecule has 0 saturated carbocycles. The normalized spacial score (nSPS) is 9.77. The number of hydrogen-bond acceptors (Lipinski definition) is 3. The minimum absolute atomic E-state index is 0.159. The van der Waals surface area contributed by atoms with Crippen molar-refractivity contribution >= 4 is 33.5 Å². The number of esters is 1. The van der Waals surface area contributed by atoms with E-state index in [-0.39, 0.29) is 12.4 Å². The van der Waals surface area contributed by atoms with Crippen molar-refractivity contribution in [3.8, 4) is 0 Å². The molecule has 70 valence electrons. The molecule has 0 fully saturated rings. The number of halogens is 2. The van der Waals surface area contributed by atoms with E-state index < -0.39 is 0 Å². The lowest BCUT2D eigenvalue weighted by Gasteiger charge is -2.00. The summed E-state index contributed by atoms with van der Waals surface area (Å²) in [6, 6.07) is 3.36. The molecule has 0 spiro atoms. The molecule has 0 atom stereocenters. The molecule has 0 unspecified atom stereocenters. The van der Waals surface area contributed by atoms with Gasteiger partial charge in [0.25, 0.3) is 0 Å². The fourth-order valence-electron chi connectivity index (χ4n) is 0.773. The Kier molecular flexibility index (Phi) is 3.69. The first-order valence-electron chi connectivity index (χ1n) is 3.51. The van der Waals surface area contributed by atoms with E-state index in [1.165, 1.54) is 7.11 Å². The molecule has 1 heterocycles. The fourth-order valence-corrected chi connectivity index (χ4v) is 1.24. The molecule has 0 aliphatic rings. The number of carbonyl (C=O) groups is 1. The molecule has 0 N–H and O–H groups in total. The molecule has 0 aromatic carbocycles. The molecule has 1 aromatic rings. The summed E-state index contributed by atoms with van der Waals surface area (Å²) in [7, 11) is 1.34. The second-order valence-electron chi connectivity index (χ2n) is 2.33. The Morgan fingerprint density at radius 2 is 2.38 bits per heavy atom. The number of carbonyl (C=O) groups excluding carboxylic acids is 1. The van der Waals surface area contributed by atoms with Crippen LogP contribution in [0.1, 0.15) is 5.69 Å². The van der Waals surface area contributed by atoms with Gasteiger partial charge >= 0.3 is 5.97 Å². The van der Waals surface area contributed by atoms with Crippen molar-refractivity contribution in [1.29, 1.82) is 0 Å². The highest BCUT2D eigenvalue weighted by molar-refractivity contribution is 9.10. The van der Waals surface area contributed by atoms with Crippen LogP contribution in [0.5, 0.6) is 0 Å². The van der Waals surface area contributed by atoms with Crippen molar-refractivity contribution in [1.82, 2.24) is 4.98 Å². The van der Waals surface area contributed by atoms with Gasteiger partial charge in [-0.15, -0.1) is 0 Å². The van der Waals surface area contributed by atoms with Gasteiger partial charge in [-0.25, -0.2) is 4.98 Å². The summed E-state index contributed by atoms with van der Waals surface area (Å²) in [5.41, 5.74) is 0.628. The molecule has 0 radical (unpaired) electrons. The van der Waals surface area contributed by atoms with Crippen molar-refractivity contribution in [3.05, 3.63) is 27.5 Å². The number of methoxy groups -OCH3 is 1. The van der Waals surface area contributed by atoms with Gasteiger partial charge in [0.15, 0.2) is 0 Å². The molecule has 1 aromatic heterocycles. The van der Waals surface area contributed by atoms with Crippen LogP contribution in [-0.2, 0) is 16.0 Å². The quantitative estimate of drug-likeness (QED) is 0.607. The van der Waals surface area contributed by atoms with Crippen LogP contribution in [0, 0.1) is 0 Å². The Morgan fingerprint density at radius 1 is 1.69 bits per heavy atom. The summed E-state index contributed by atoms with van der Waals surface area (Å²) >= 11 is 8.89. The molecule has 5 heteroatoms. The van der Waals surface area contributed by atoms with E-state index in [4.69, 9.17) is 11.6 Å². The number of ether oxygens (including phenoxy) is 1. The SMILES string of the molecule is COC(=O)Cc1ccc(Cl)c(Br)n1. The summed E-state index contributed by atoms with van der Waals surface area (Å²) in [6.07, 6.45) is 0.159. The largest absolute Gasteiger partial charge is 0.469 e. The average Bonchev–Trinajstić information content (AvgIpc) is 2.11. The zero-order valence-corrected chi connectivity index (χ0v) is 9.22. The zero-order valence-electron chi connectivity index (χ0n) is 6.88. The highest BCUT2D eigenvalue weighted by Gasteiger charge is 2.05. The van der Waals surface area contributed by atoms with E-state index in [0.29, 0.717) is 15.3 Å². The highest BCUT2D eigenvalue weighted by atomic mass is 79.9. The Labute approximate surface area is 89.2 Å². The third-order valence-electron chi connectivity index (χ3n) is 1.41. The van der Waals surface area contributed by atoms with Crippen LogP contribution in [-0.4, -0.2) is 18.1 Å². The second kappa shape index (κ2) is 4.58. The van der Waals surface area contributed by atoms with Crippen LogP contribution >= 0.6 is 27.5 Å². The van der Waals surface area contributed by atoms with E-state index in [0.717, 1.165) is 0 Å². The maximum atomic E-state index is 10.9. The van der Waals surface area contributed by atoms with E-state index in [2.05, 4.69) is 25.7 Å². The maximum Gasteiger partial charge on any atom is 0.311 e. The molecule has 3 nitrogen and oxygen atoms in total. The van der Waals surface area contributed by atoms with Gasteiger partial charge in [0.05, 0.1) is 24.2 Å². The number of aromatic nitrogens is 1. The minimum atomic E-state index is -0.318. The van der Waals surface area contributed by atoms with E-state index in [9.17, 15) is 4.79 Å². The number of nitrogens with zero attached hydrogens (tertiary/aromatic N) is 1. The van der Waals surface area contributed by atoms with Crippen LogP contribution in [0.15, 0.2) is 16.7 Å². The monoisotopic (exact) mass is 263 g/mol. The third kappa shape index (κ3) is 2.97. The van der Waals surface area contributed by atoms with Crippen molar-refractivity contribution in [2.24, 2.45) is 0 Å². The summed E-state index contributed by atoms with van der Waals surface area (Å²) in [5.74, 6) is -0.318. The molecular weight excluding hydrogens is 257 g/mol. The Morgan fingerprint density at radius 3 is 2.92 bits per heavy atom. The average molecular weight is 265 g/mol. The van der Waals surface area contributed by atoms with Crippen molar-refractivity contribution in [2.45, 2.75) is 6.42 Å². The summed E-state index contributed by atoms with van der Waals surface area (Å²) < 4.78 is 5.03.